The average molecular weight is 279 g/mol. The molecular weight excluding hydrogens is 258 g/mol. The molecule has 5 nitrogen and oxygen atoms in total. The summed E-state index contributed by atoms with van der Waals surface area (Å²) in [5, 5.41) is 28.6. The van der Waals surface area contributed by atoms with Crippen molar-refractivity contribution in [3.05, 3.63) is 23.8 Å². The number of hydrogen-bond acceptors (Lipinski definition) is 4. The SMILES string of the molecule is CC1CC(C(=O)O)CCN1C(C)c1cc(O)ccc1O. The second kappa shape index (κ2) is 5.71. The summed E-state index contributed by atoms with van der Waals surface area (Å²) in [5.74, 6) is -0.740. The van der Waals surface area contributed by atoms with Gasteiger partial charge in [-0.1, -0.05) is 0 Å². The molecule has 5 heteroatoms. The molecule has 1 aromatic rings. The zero-order chi connectivity index (χ0) is 14.9. The largest absolute Gasteiger partial charge is 0.508 e. The van der Waals surface area contributed by atoms with E-state index in [1.54, 1.807) is 6.07 Å². The zero-order valence-electron chi connectivity index (χ0n) is 11.8. The van der Waals surface area contributed by atoms with Crippen molar-refractivity contribution in [2.45, 2.75) is 38.8 Å². The molecule has 1 fully saturated rings. The minimum atomic E-state index is -0.732. The van der Waals surface area contributed by atoms with Crippen molar-refractivity contribution in [2.24, 2.45) is 5.92 Å². The smallest absolute Gasteiger partial charge is 0.306 e. The fraction of sp³-hybridized carbons (Fsp3) is 0.533. The predicted octanol–water partition coefficient (Wildman–Crippen LogP) is 2.34. The molecule has 20 heavy (non-hydrogen) atoms. The molecule has 1 aliphatic heterocycles. The summed E-state index contributed by atoms with van der Waals surface area (Å²) in [6.45, 7) is 4.64. The zero-order valence-corrected chi connectivity index (χ0v) is 11.8. The molecule has 1 aromatic carbocycles. The third-order valence-electron chi connectivity index (χ3n) is 4.24. The summed E-state index contributed by atoms with van der Waals surface area (Å²) in [6, 6.07) is 4.56. The van der Waals surface area contributed by atoms with Crippen molar-refractivity contribution in [1.82, 2.24) is 4.90 Å². The van der Waals surface area contributed by atoms with Crippen molar-refractivity contribution in [3.8, 4) is 11.5 Å². The first-order valence-electron chi connectivity index (χ1n) is 6.90. The number of benzene rings is 1. The van der Waals surface area contributed by atoms with Crippen LogP contribution in [0.1, 0.15) is 38.3 Å². The van der Waals surface area contributed by atoms with Crippen molar-refractivity contribution >= 4 is 5.97 Å². The molecule has 1 aliphatic rings. The molecule has 110 valence electrons. The van der Waals surface area contributed by atoms with Crippen LogP contribution in [0, 0.1) is 5.92 Å². The van der Waals surface area contributed by atoms with Crippen LogP contribution in [0.25, 0.3) is 0 Å². The van der Waals surface area contributed by atoms with Gasteiger partial charge in [-0.3, -0.25) is 9.69 Å². The number of piperidine rings is 1. The number of hydrogen-bond donors (Lipinski definition) is 3. The number of aliphatic carboxylic acids is 1. The summed E-state index contributed by atoms with van der Waals surface area (Å²) < 4.78 is 0. The van der Waals surface area contributed by atoms with E-state index in [1.165, 1.54) is 12.1 Å². The Kier molecular flexibility index (Phi) is 4.18. The highest BCUT2D eigenvalue weighted by atomic mass is 16.4. The lowest BCUT2D eigenvalue weighted by molar-refractivity contribution is -0.144. The summed E-state index contributed by atoms with van der Waals surface area (Å²) in [4.78, 5) is 13.2. The molecule has 1 heterocycles. The highest BCUT2D eigenvalue weighted by Crippen LogP contribution is 2.35. The number of phenols is 2. The molecule has 3 unspecified atom stereocenters. The van der Waals surface area contributed by atoms with Gasteiger partial charge in [-0.05, 0) is 51.4 Å². The van der Waals surface area contributed by atoms with Gasteiger partial charge in [0.25, 0.3) is 0 Å². The second-order valence-corrected chi connectivity index (χ2v) is 5.57. The van der Waals surface area contributed by atoms with Gasteiger partial charge in [0, 0.05) is 17.6 Å². The molecule has 0 spiro atoms. The van der Waals surface area contributed by atoms with Gasteiger partial charge >= 0.3 is 5.97 Å². The molecule has 0 aromatic heterocycles. The van der Waals surface area contributed by atoms with Gasteiger partial charge in [0.1, 0.15) is 11.5 Å². The van der Waals surface area contributed by atoms with E-state index in [4.69, 9.17) is 5.11 Å². The van der Waals surface area contributed by atoms with Crippen molar-refractivity contribution in [1.29, 1.82) is 0 Å². The molecular formula is C15H21NO4. The van der Waals surface area contributed by atoms with Crippen LogP contribution in [0.4, 0.5) is 0 Å². The lowest BCUT2D eigenvalue weighted by atomic mass is 9.89. The number of carboxylic acids is 1. The summed E-state index contributed by atoms with van der Waals surface area (Å²) in [7, 11) is 0. The molecule has 0 bridgehead atoms. The number of nitrogens with zero attached hydrogens (tertiary/aromatic N) is 1. The number of phenolic OH excluding ortho intramolecular Hbond substituents is 2. The Bertz CT molecular complexity index is 503. The monoisotopic (exact) mass is 279 g/mol. The van der Waals surface area contributed by atoms with E-state index in [1.807, 2.05) is 13.8 Å². The van der Waals surface area contributed by atoms with Crippen molar-refractivity contribution < 1.29 is 20.1 Å². The number of rotatable bonds is 3. The van der Waals surface area contributed by atoms with Crippen molar-refractivity contribution in [3.63, 3.8) is 0 Å². The van der Waals surface area contributed by atoms with E-state index in [0.29, 0.717) is 24.9 Å². The van der Waals surface area contributed by atoms with Crippen LogP contribution in [0.3, 0.4) is 0 Å². The average Bonchev–Trinajstić information content (AvgIpc) is 2.40. The van der Waals surface area contributed by atoms with Crippen LogP contribution in [0.15, 0.2) is 18.2 Å². The fourth-order valence-electron chi connectivity index (χ4n) is 3.05. The highest BCUT2D eigenvalue weighted by Gasteiger charge is 2.33. The third kappa shape index (κ3) is 2.88. The van der Waals surface area contributed by atoms with Crippen LogP contribution >= 0.6 is 0 Å². The lowest BCUT2D eigenvalue weighted by Gasteiger charge is -2.40. The predicted molar refractivity (Wildman–Crippen MR) is 74.7 cm³/mol. The number of carboxylic acid groups (broad SMARTS) is 1. The van der Waals surface area contributed by atoms with E-state index in [0.717, 1.165) is 0 Å². The van der Waals surface area contributed by atoms with E-state index < -0.39 is 5.97 Å². The third-order valence-corrected chi connectivity index (χ3v) is 4.24. The van der Waals surface area contributed by atoms with E-state index >= 15 is 0 Å². The number of likely N-dealkylation sites (tertiary alicyclic amines) is 1. The maximum Gasteiger partial charge on any atom is 0.306 e. The van der Waals surface area contributed by atoms with Gasteiger partial charge in [-0.25, -0.2) is 0 Å². The van der Waals surface area contributed by atoms with Crippen LogP contribution in [-0.4, -0.2) is 38.8 Å². The Morgan fingerprint density at radius 1 is 1.40 bits per heavy atom. The Hall–Kier alpha value is -1.75. The second-order valence-electron chi connectivity index (χ2n) is 5.57. The van der Waals surface area contributed by atoms with Gasteiger partial charge in [-0.15, -0.1) is 0 Å². The van der Waals surface area contributed by atoms with Crippen LogP contribution in [0.2, 0.25) is 0 Å². The lowest BCUT2D eigenvalue weighted by Crippen LogP contribution is -2.43. The quantitative estimate of drug-likeness (QED) is 0.740. The first kappa shape index (κ1) is 14.7. The first-order valence-corrected chi connectivity index (χ1v) is 6.90. The molecule has 0 saturated carbocycles. The van der Waals surface area contributed by atoms with Crippen LogP contribution in [0.5, 0.6) is 11.5 Å². The molecule has 3 N–H and O–H groups in total. The molecule has 2 rings (SSSR count). The summed E-state index contributed by atoms with van der Waals surface area (Å²) in [6.07, 6.45) is 1.23. The fourth-order valence-corrected chi connectivity index (χ4v) is 3.05. The van der Waals surface area contributed by atoms with Gasteiger partial charge in [0.15, 0.2) is 0 Å². The van der Waals surface area contributed by atoms with Gasteiger partial charge in [0.05, 0.1) is 5.92 Å². The Morgan fingerprint density at radius 2 is 2.10 bits per heavy atom. The number of carbonyl (C=O) groups is 1. The molecule has 0 aliphatic carbocycles. The standard InChI is InChI=1S/C15H21NO4/c1-9-7-11(15(19)20)5-6-16(9)10(2)13-8-12(17)3-4-14(13)18/h3-4,8-11,17-18H,5-7H2,1-2H3,(H,19,20). The Labute approximate surface area is 118 Å². The molecule has 0 amide bonds. The minimum Gasteiger partial charge on any atom is -0.508 e. The van der Waals surface area contributed by atoms with Crippen LogP contribution < -0.4 is 0 Å². The van der Waals surface area contributed by atoms with E-state index in [2.05, 4.69) is 4.90 Å². The van der Waals surface area contributed by atoms with Crippen LogP contribution in [-0.2, 0) is 4.79 Å². The maximum atomic E-state index is 11.1. The topological polar surface area (TPSA) is 81.0 Å². The van der Waals surface area contributed by atoms with Gasteiger partial charge in [0.2, 0.25) is 0 Å². The highest BCUT2D eigenvalue weighted by molar-refractivity contribution is 5.70. The number of aromatic hydroxyl groups is 2. The van der Waals surface area contributed by atoms with E-state index in [-0.39, 0.29) is 29.5 Å². The normalized spacial score (nSPS) is 25.3. The minimum absolute atomic E-state index is 0.0631. The Balaban J connectivity index is 2.15. The summed E-state index contributed by atoms with van der Waals surface area (Å²) in [5.41, 5.74) is 0.672. The molecule has 3 atom stereocenters. The molecule has 0 radical (unpaired) electrons. The Morgan fingerprint density at radius 3 is 2.70 bits per heavy atom. The van der Waals surface area contributed by atoms with Gasteiger partial charge in [-0.2, -0.15) is 0 Å². The maximum absolute atomic E-state index is 11.1. The van der Waals surface area contributed by atoms with Crippen molar-refractivity contribution in [2.75, 3.05) is 6.54 Å². The van der Waals surface area contributed by atoms with E-state index in [9.17, 15) is 15.0 Å². The summed E-state index contributed by atoms with van der Waals surface area (Å²) >= 11 is 0. The van der Waals surface area contributed by atoms with Gasteiger partial charge < -0.3 is 15.3 Å². The first-order chi connectivity index (χ1) is 9.40. The molecule has 1 saturated heterocycles.